The zero-order valence-electron chi connectivity index (χ0n) is 27.3. The number of carbonyl (C=O) groups excluding carboxylic acids is 1. The first-order valence-corrected chi connectivity index (χ1v) is 15.9. The van der Waals surface area contributed by atoms with Crippen molar-refractivity contribution in [2.45, 2.75) is 36.8 Å². The molecule has 2 heterocycles. The molecule has 0 radical (unpaired) electrons. The van der Waals surface area contributed by atoms with E-state index in [1.807, 2.05) is 0 Å². The standard InChI is InChI=1S/C37H30O17/c38-15-8-20(42)28-26(9-15)52-35(12-1-2-17(39)19(41)3-12)33(50)30(28)29-21(43)11-18(40)16-10-27(53-37(51)14-6-24(46)32(49)25(47)7-14)34(54-36(16)29)13-4-22(44)31(48)23(45)5-13/h1-9,11,27,30,33-35,38-50H,10H2/t27-,30+,33-,34-,35+/m1/s1. The maximum absolute atomic E-state index is 13.4. The molecule has 0 fully saturated rings. The zero-order chi connectivity index (χ0) is 38.9. The summed E-state index contributed by atoms with van der Waals surface area (Å²) in [6.07, 6.45) is -6.67. The fraction of sp³-hybridized carbons (Fsp3) is 0.162. The van der Waals surface area contributed by atoms with Gasteiger partial charge in [0.25, 0.3) is 0 Å². The molecule has 0 bridgehead atoms. The number of hydrogen-bond acceptors (Lipinski definition) is 17. The summed E-state index contributed by atoms with van der Waals surface area (Å²) in [5.41, 5.74) is -1.03. The number of aromatic hydroxyl groups is 12. The lowest BCUT2D eigenvalue weighted by Crippen LogP contribution is -2.38. The van der Waals surface area contributed by atoms with E-state index < -0.39 is 117 Å². The first-order valence-electron chi connectivity index (χ1n) is 15.9. The second kappa shape index (κ2) is 12.7. The number of aliphatic hydroxyl groups is 1. The van der Waals surface area contributed by atoms with Crippen LogP contribution in [0.1, 0.15) is 56.3 Å². The average molecular weight is 747 g/mol. The monoisotopic (exact) mass is 746 g/mol. The van der Waals surface area contributed by atoms with Crippen LogP contribution in [0, 0.1) is 0 Å². The molecule has 5 aromatic rings. The Hall–Kier alpha value is -7.27. The Morgan fingerprint density at radius 1 is 0.574 bits per heavy atom. The maximum Gasteiger partial charge on any atom is 0.338 e. The van der Waals surface area contributed by atoms with Crippen molar-refractivity contribution in [3.8, 4) is 80.5 Å². The van der Waals surface area contributed by atoms with Gasteiger partial charge in [0.1, 0.15) is 46.7 Å². The molecule has 17 nitrogen and oxygen atoms in total. The average Bonchev–Trinajstić information content (AvgIpc) is 3.10. The van der Waals surface area contributed by atoms with Gasteiger partial charge in [-0.15, -0.1) is 0 Å². The topological polar surface area (TPSA) is 308 Å². The molecule has 0 unspecified atom stereocenters. The SMILES string of the molecule is O=C(O[C@@H]1Cc2c(O)cc(O)c([C@@H]3c4c(O)cc(O)cc4O[C@@H](c4ccc(O)c(O)c4)[C@@H]3O)c2O[C@@H]1c1cc(O)c(O)c(O)c1)c1cc(O)c(O)c(O)c1. The van der Waals surface area contributed by atoms with Crippen LogP contribution >= 0.6 is 0 Å². The molecular formula is C37H30O17. The third kappa shape index (κ3) is 5.77. The van der Waals surface area contributed by atoms with Gasteiger partial charge in [-0.3, -0.25) is 0 Å². The fourth-order valence-electron chi connectivity index (χ4n) is 6.79. The number of hydrogen-bond donors (Lipinski definition) is 13. The predicted octanol–water partition coefficient (Wildman–Crippen LogP) is 3.68. The number of carbonyl (C=O) groups is 1. The summed E-state index contributed by atoms with van der Waals surface area (Å²) >= 11 is 0. The van der Waals surface area contributed by atoms with Gasteiger partial charge in [-0.25, -0.2) is 4.79 Å². The van der Waals surface area contributed by atoms with Crippen LogP contribution in [0.4, 0.5) is 0 Å². The molecule has 54 heavy (non-hydrogen) atoms. The highest BCUT2D eigenvalue weighted by Crippen LogP contribution is 2.57. The quantitative estimate of drug-likeness (QED) is 0.0901. The number of benzene rings is 5. The molecule has 280 valence electrons. The third-order valence-electron chi connectivity index (χ3n) is 9.31. The molecule has 2 aliphatic heterocycles. The summed E-state index contributed by atoms with van der Waals surface area (Å²) in [5, 5.41) is 137. The number of rotatable bonds is 5. The van der Waals surface area contributed by atoms with Gasteiger partial charge in [0, 0.05) is 46.9 Å². The van der Waals surface area contributed by atoms with Crippen LogP contribution in [0.2, 0.25) is 0 Å². The summed E-state index contributed by atoms with van der Waals surface area (Å²) in [7, 11) is 0. The lowest BCUT2D eigenvalue weighted by atomic mass is 9.77. The summed E-state index contributed by atoms with van der Waals surface area (Å²) in [6, 6.07) is 10.0. The van der Waals surface area contributed by atoms with Gasteiger partial charge in [0.15, 0.2) is 58.2 Å². The minimum Gasteiger partial charge on any atom is -0.508 e. The van der Waals surface area contributed by atoms with Crippen LogP contribution in [0.3, 0.4) is 0 Å². The highest BCUT2D eigenvalue weighted by Gasteiger charge is 2.47. The normalized spacial score (nSPS) is 20.2. The smallest absolute Gasteiger partial charge is 0.338 e. The largest absolute Gasteiger partial charge is 0.508 e. The summed E-state index contributed by atoms with van der Waals surface area (Å²) in [5.74, 6) is -11.8. The van der Waals surface area contributed by atoms with E-state index >= 15 is 0 Å². The molecule has 17 heteroatoms. The Morgan fingerprint density at radius 3 is 1.80 bits per heavy atom. The van der Waals surface area contributed by atoms with Gasteiger partial charge < -0.3 is 80.6 Å². The van der Waals surface area contributed by atoms with E-state index in [2.05, 4.69) is 0 Å². The van der Waals surface area contributed by atoms with E-state index in [-0.39, 0.29) is 39.3 Å². The lowest BCUT2D eigenvalue weighted by molar-refractivity contribution is -0.0211. The van der Waals surface area contributed by atoms with Crippen molar-refractivity contribution in [3.05, 3.63) is 94.0 Å². The highest BCUT2D eigenvalue weighted by molar-refractivity contribution is 5.91. The molecular weight excluding hydrogens is 716 g/mol. The highest BCUT2D eigenvalue weighted by atomic mass is 16.6. The van der Waals surface area contributed by atoms with Gasteiger partial charge in [0.2, 0.25) is 0 Å². The van der Waals surface area contributed by atoms with E-state index in [0.29, 0.717) is 0 Å². The van der Waals surface area contributed by atoms with Crippen molar-refractivity contribution in [2.24, 2.45) is 0 Å². The van der Waals surface area contributed by atoms with E-state index in [1.165, 1.54) is 6.07 Å². The van der Waals surface area contributed by atoms with E-state index in [0.717, 1.165) is 54.6 Å². The van der Waals surface area contributed by atoms with Gasteiger partial charge in [-0.2, -0.15) is 0 Å². The molecule has 0 aliphatic carbocycles. The Bertz CT molecular complexity index is 2310. The fourth-order valence-corrected chi connectivity index (χ4v) is 6.79. The maximum atomic E-state index is 13.4. The summed E-state index contributed by atoms with van der Waals surface area (Å²) in [4.78, 5) is 13.4. The van der Waals surface area contributed by atoms with Crippen molar-refractivity contribution in [2.75, 3.05) is 0 Å². The Kier molecular flexibility index (Phi) is 8.29. The first-order chi connectivity index (χ1) is 25.5. The second-order valence-electron chi connectivity index (χ2n) is 12.7. The molecule has 0 spiro atoms. The zero-order valence-corrected chi connectivity index (χ0v) is 27.3. The number of phenolic OH excluding ortho intramolecular Hbond substituents is 12. The van der Waals surface area contributed by atoms with Crippen molar-refractivity contribution in [1.82, 2.24) is 0 Å². The molecule has 0 aromatic heterocycles. The second-order valence-corrected chi connectivity index (χ2v) is 12.7. The number of aliphatic hydroxyl groups excluding tert-OH is 1. The van der Waals surface area contributed by atoms with Crippen LogP contribution < -0.4 is 9.47 Å². The van der Waals surface area contributed by atoms with Crippen molar-refractivity contribution >= 4 is 5.97 Å². The molecule has 7 rings (SSSR count). The van der Waals surface area contributed by atoms with Gasteiger partial charge in [-0.05, 0) is 42.0 Å². The van der Waals surface area contributed by atoms with Crippen LogP contribution in [0.25, 0.3) is 0 Å². The molecule has 5 atom stereocenters. The molecule has 13 N–H and O–H groups in total. The molecule has 0 saturated carbocycles. The van der Waals surface area contributed by atoms with Crippen molar-refractivity contribution in [1.29, 1.82) is 0 Å². The summed E-state index contributed by atoms with van der Waals surface area (Å²) in [6.45, 7) is 0. The molecule has 2 aliphatic rings. The third-order valence-corrected chi connectivity index (χ3v) is 9.31. The minimum atomic E-state index is -1.76. The number of fused-ring (bicyclic) bond motifs is 2. The molecule has 5 aromatic carbocycles. The number of esters is 1. The lowest BCUT2D eigenvalue weighted by Gasteiger charge is -2.40. The summed E-state index contributed by atoms with van der Waals surface area (Å²) < 4.78 is 18.0. The Balaban J connectivity index is 1.40. The van der Waals surface area contributed by atoms with Crippen LogP contribution in [0.15, 0.2) is 60.7 Å². The van der Waals surface area contributed by atoms with Crippen molar-refractivity contribution in [3.63, 3.8) is 0 Å². The van der Waals surface area contributed by atoms with E-state index in [9.17, 15) is 71.2 Å². The Morgan fingerprint density at radius 2 is 1.17 bits per heavy atom. The van der Waals surface area contributed by atoms with Gasteiger partial charge >= 0.3 is 5.97 Å². The Labute approximate surface area is 302 Å². The van der Waals surface area contributed by atoms with E-state index in [4.69, 9.17) is 14.2 Å². The van der Waals surface area contributed by atoms with Crippen LogP contribution in [0.5, 0.6) is 80.5 Å². The van der Waals surface area contributed by atoms with Gasteiger partial charge in [-0.1, -0.05) is 6.07 Å². The van der Waals surface area contributed by atoms with Crippen molar-refractivity contribution < 1.29 is 85.4 Å². The van der Waals surface area contributed by atoms with E-state index in [1.54, 1.807) is 0 Å². The molecule has 0 amide bonds. The number of ether oxygens (including phenoxy) is 3. The number of phenols is 12. The predicted molar refractivity (Wildman–Crippen MR) is 180 cm³/mol. The van der Waals surface area contributed by atoms with Crippen LogP contribution in [-0.2, 0) is 11.2 Å². The molecule has 0 saturated heterocycles. The minimum absolute atomic E-state index is 0.107. The first kappa shape index (κ1) is 35.1. The van der Waals surface area contributed by atoms with Crippen LogP contribution in [-0.4, -0.2) is 84.6 Å². The van der Waals surface area contributed by atoms with Gasteiger partial charge in [0.05, 0.1) is 11.5 Å².